The number of anilines is 1. The molecule has 36 heavy (non-hydrogen) atoms. The Bertz CT molecular complexity index is 1180. The molecule has 1 aliphatic heterocycles. The van der Waals surface area contributed by atoms with Crippen LogP contribution in [-0.2, 0) is 0 Å². The first kappa shape index (κ1) is 24.6. The summed E-state index contributed by atoms with van der Waals surface area (Å²) in [6, 6.07) is 6.81. The van der Waals surface area contributed by atoms with Crippen molar-refractivity contribution in [2.45, 2.75) is 77.3 Å². The highest BCUT2D eigenvalue weighted by atomic mass is 16.2. The van der Waals surface area contributed by atoms with Crippen LogP contribution in [0.4, 0.5) is 5.69 Å². The van der Waals surface area contributed by atoms with Crippen molar-refractivity contribution in [3.63, 3.8) is 0 Å². The highest BCUT2D eigenvalue weighted by Gasteiger charge is 2.30. The van der Waals surface area contributed by atoms with Gasteiger partial charge in [0.1, 0.15) is 11.1 Å². The van der Waals surface area contributed by atoms with Crippen molar-refractivity contribution in [1.82, 2.24) is 14.8 Å². The molecule has 3 aliphatic rings. The molecule has 1 saturated heterocycles. The van der Waals surface area contributed by atoms with E-state index >= 15 is 0 Å². The number of carbonyl (C=O) groups is 2. The average molecular weight is 491 g/mol. The quantitative estimate of drug-likeness (QED) is 0.637. The van der Waals surface area contributed by atoms with Gasteiger partial charge in [0.15, 0.2) is 0 Å². The number of rotatable bonds is 5. The van der Waals surface area contributed by atoms with Crippen molar-refractivity contribution in [2.75, 3.05) is 31.1 Å². The number of nitrogens with zero attached hydrogens (tertiary/aromatic N) is 3. The molecule has 1 aromatic carbocycles. The van der Waals surface area contributed by atoms with Gasteiger partial charge in [0.05, 0.1) is 0 Å². The summed E-state index contributed by atoms with van der Waals surface area (Å²) in [6.45, 7) is 6.74. The number of pyridine rings is 1. The minimum Gasteiger partial charge on any atom is -0.368 e. The third-order valence-corrected chi connectivity index (χ3v) is 7.94. The minimum atomic E-state index is -0.445. The Morgan fingerprint density at radius 3 is 2.17 bits per heavy atom. The molecular weight excluding hydrogens is 452 g/mol. The molecule has 0 bridgehead atoms. The molecule has 1 N–H and O–H groups in total. The first-order chi connectivity index (χ1) is 17.4. The molecular formula is C29H38N4O3. The number of amides is 2. The van der Waals surface area contributed by atoms with Crippen LogP contribution in [0.5, 0.6) is 0 Å². The summed E-state index contributed by atoms with van der Waals surface area (Å²) in [5.41, 5.74) is 3.44. The third kappa shape index (κ3) is 5.35. The topological polar surface area (TPSA) is 74.7 Å². The molecule has 2 saturated carbocycles. The Morgan fingerprint density at radius 2 is 1.53 bits per heavy atom. The molecule has 7 heteroatoms. The maximum atomic E-state index is 13.5. The number of hydrogen-bond donors (Lipinski definition) is 1. The van der Waals surface area contributed by atoms with Crippen molar-refractivity contribution in [3.8, 4) is 0 Å². The van der Waals surface area contributed by atoms with E-state index in [4.69, 9.17) is 0 Å². The molecule has 5 rings (SSSR count). The lowest BCUT2D eigenvalue weighted by molar-refractivity contribution is 0.0744. The maximum Gasteiger partial charge on any atom is 0.259 e. The van der Waals surface area contributed by atoms with Crippen LogP contribution in [0.3, 0.4) is 0 Å². The van der Waals surface area contributed by atoms with Gasteiger partial charge in [-0.15, -0.1) is 0 Å². The number of aryl methyl sites for hydroxylation is 2. The highest BCUT2D eigenvalue weighted by Crippen LogP contribution is 2.34. The van der Waals surface area contributed by atoms with E-state index in [1.807, 2.05) is 4.57 Å². The summed E-state index contributed by atoms with van der Waals surface area (Å²) in [5, 5.41) is 3.10. The molecule has 192 valence electrons. The summed E-state index contributed by atoms with van der Waals surface area (Å²) in [7, 11) is 0. The lowest BCUT2D eigenvalue weighted by Crippen LogP contribution is -2.50. The molecule has 1 aromatic heterocycles. The minimum absolute atomic E-state index is 0.103. The van der Waals surface area contributed by atoms with Crippen LogP contribution in [-0.4, -0.2) is 53.5 Å². The lowest BCUT2D eigenvalue weighted by Gasteiger charge is -2.37. The lowest BCUT2D eigenvalue weighted by atomic mass is 10.1. The first-order valence-corrected chi connectivity index (χ1v) is 13.6. The van der Waals surface area contributed by atoms with Gasteiger partial charge in [-0.2, -0.15) is 0 Å². The van der Waals surface area contributed by atoms with Crippen molar-refractivity contribution in [3.05, 3.63) is 63.1 Å². The van der Waals surface area contributed by atoms with Gasteiger partial charge in [-0.1, -0.05) is 43.4 Å². The van der Waals surface area contributed by atoms with Crippen LogP contribution in [0, 0.1) is 13.8 Å². The van der Waals surface area contributed by atoms with Crippen LogP contribution in [0.2, 0.25) is 0 Å². The van der Waals surface area contributed by atoms with E-state index in [0.717, 1.165) is 38.5 Å². The van der Waals surface area contributed by atoms with Gasteiger partial charge >= 0.3 is 0 Å². The fourth-order valence-corrected chi connectivity index (χ4v) is 5.66. The van der Waals surface area contributed by atoms with Crippen molar-refractivity contribution < 1.29 is 9.59 Å². The predicted molar refractivity (Wildman–Crippen MR) is 142 cm³/mol. The Balaban J connectivity index is 1.33. The van der Waals surface area contributed by atoms with Crippen molar-refractivity contribution >= 4 is 17.5 Å². The zero-order valence-electron chi connectivity index (χ0n) is 21.6. The maximum absolute atomic E-state index is 13.5. The van der Waals surface area contributed by atoms with Gasteiger partial charge in [-0.05, 0) is 51.2 Å². The summed E-state index contributed by atoms with van der Waals surface area (Å²) >= 11 is 0. The smallest absolute Gasteiger partial charge is 0.259 e. The number of nitrogens with one attached hydrogen (secondary N) is 1. The second-order valence-electron chi connectivity index (χ2n) is 10.8. The molecule has 2 heterocycles. The number of piperazine rings is 1. The monoisotopic (exact) mass is 490 g/mol. The second kappa shape index (κ2) is 10.5. The van der Waals surface area contributed by atoms with Crippen LogP contribution in [0.25, 0.3) is 0 Å². The number of benzene rings is 1. The van der Waals surface area contributed by atoms with Gasteiger partial charge < -0.3 is 19.7 Å². The summed E-state index contributed by atoms with van der Waals surface area (Å²) in [5.74, 6) is -0.602. The third-order valence-electron chi connectivity index (χ3n) is 7.94. The number of aromatic nitrogens is 1. The van der Waals surface area contributed by atoms with Gasteiger partial charge in [-0.25, -0.2) is 0 Å². The molecule has 3 fully saturated rings. The first-order valence-electron chi connectivity index (χ1n) is 13.6. The van der Waals surface area contributed by atoms with Gasteiger partial charge in [0.2, 0.25) is 5.43 Å². The van der Waals surface area contributed by atoms with Crippen molar-refractivity contribution in [1.29, 1.82) is 0 Å². The summed E-state index contributed by atoms with van der Waals surface area (Å²) in [6.07, 6.45) is 11.9. The Morgan fingerprint density at radius 1 is 0.861 bits per heavy atom. The molecule has 2 aliphatic carbocycles. The normalized spacial score (nSPS) is 19.2. The number of hydrogen-bond acceptors (Lipinski definition) is 4. The molecule has 7 nitrogen and oxygen atoms in total. The fourth-order valence-electron chi connectivity index (χ4n) is 5.66. The molecule has 0 atom stereocenters. The molecule has 2 amide bonds. The summed E-state index contributed by atoms with van der Waals surface area (Å²) in [4.78, 5) is 44.2. The van der Waals surface area contributed by atoms with Gasteiger partial charge in [0, 0.05) is 56.3 Å². The van der Waals surface area contributed by atoms with Crippen LogP contribution in [0.1, 0.15) is 89.3 Å². The van der Waals surface area contributed by atoms with E-state index in [2.05, 4.69) is 42.3 Å². The summed E-state index contributed by atoms with van der Waals surface area (Å²) < 4.78 is 1.92. The fraction of sp³-hybridized carbons (Fsp3) is 0.552. The van der Waals surface area contributed by atoms with E-state index in [0.29, 0.717) is 26.2 Å². The second-order valence-corrected chi connectivity index (χ2v) is 10.8. The zero-order valence-corrected chi connectivity index (χ0v) is 21.6. The molecule has 0 spiro atoms. The molecule has 0 radical (unpaired) electrons. The van der Waals surface area contributed by atoms with Gasteiger partial charge in [0.25, 0.3) is 11.8 Å². The van der Waals surface area contributed by atoms with E-state index < -0.39 is 5.43 Å². The number of carbonyl (C=O) groups excluding carboxylic acids is 2. The predicted octanol–water partition coefficient (Wildman–Crippen LogP) is 4.22. The highest BCUT2D eigenvalue weighted by molar-refractivity contribution is 5.99. The molecule has 0 unspecified atom stereocenters. The molecule has 2 aromatic rings. The largest absolute Gasteiger partial charge is 0.368 e. The Hall–Kier alpha value is -3.09. The van der Waals surface area contributed by atoms with Crippen LogP contribution >= 0.6 is 0 Å². The van der Waals surface area contributed by atoms with E-state index in [1.54, 1.807) is 17.3 Å². The van der Waals surface area contributed by atoms with Crippen molar-refractivity contribution in [2.24, 2.45) is 0 Å². The zero-order chi connectivity index (χ0) is 25.2. The van der Waals surface area contributed by atoms with Gasteiger partial charge in [-0.3, -0.25) is 14.4 Å². The standard InChI is InChI=1S/C29H38N4O3/c1-20-9-12-26(21(2)17-20)31-13-15-32(16-14-31)29(36)25-19-33(23-10-11-23)18-24(27(25)34)28(35)30-22-7-5-3-4-6-8-22/h9,12,17-19,22-23H,3-8,10-11,13-16H2,1-2H3,(H,30,35). The SMILES string of the molecule is Cc1ccc(N2CCN(C(=O)c3cn(C4CC4)cc(C(=O)NC4CCCCCC4)c3=O)CC2)c(C)c1. The Kier molecular flexibility index (Phi) is 7.17. The van der Waals surface area contributed by atoms with Crippen LogP contribution in [0.15, 0.2) is 35.4 Å². The average Bonchev–Trinajstić information content (AvgIpc) is 3.72. The van der Waals surface area contributed by atoms with E-state index in [-0.39, 0.29) is 35.0 Å². The van der Waals surface area contributed by atoms with E-state index in [1.165, 1.54) is 29.7 Å². The van der Waals surface area contributed by atoms with E-state index in [9.17, 15) is 14.4 Å². The Labute approximate surface area is 213 Å². The van der Waals surface area contributed by atoms with Crippen LogP contribution < -0.4 is 15.6 Å².